The van der Waals surface area contributed by atoms with Crippen LogP contribution in [0, 0.1) is 6.92 Å². The first-order valence-electron chi connectivity index (χ1n) is 8.63. The lowest BCUT2D eigenvalue weighted by molar-refractivity contribution is -0.141. The third-order valence-corrected chi connectivity index (χ3v) is 4.81. The van der Waals surface area contributed by atoms with E-state index in [2.05, 4.69) is 20.4 Å². The van der Waals surface area contributed by atoms with E-state index in [-0.39, 0.29) is 24.3 Å². The van der Waals surface area contributed by atoms with Gasteiger partial charge >= 0.3 is 6.18 Å². The number of aliphatic hydroxyl groups is 1. The minimum atomic E-state index is -4.60. The van der Waals surface area contributed by atoms with Gasteiger partial charge in [0.05, 0.1) is 19.4 Å². The third-order valence-electron chi connectivity index (χ3n) is 4.81. The van der Waals surface area contributed by atoms with Crippen LogP contribution in [0.2, 0.25) is 0 Å². The number of pyridine rings is 1. The van der Waals surface area contributed by atoms with Crippen molar-refractivity contribution in [2.75, 3.05) is 13.2 Å². The summed E-state index contributed by atoms with van der Waals surface area (Å²) in [6, 6.07) is 1.97. The van der Waals surface area contributed by atoms with Crippen LogP contribution >= 0.6 is 0 Å². The molecule has 2 N–H and O–H groups in total. The Morgan fingerprint density at radius 3 is 2.72 bits per heavy atom. The van der Waals surface area contributed by atoms with Gasteiger partial charge in [0.1, 0.15) is 22.9 Å². The highest BCUT2D eigenvalue weighted by molar-refractivity contribution is 6.00. The molecule has 0 radical (unpaired) electrons. The highest BCUT2D eigenvalue weighted by Crippen LogP contribution is 2.33. The molecule has 8 nitrogen and oxygen atoms in total. The van der Waals surface area contributed by atoms with Gasteiger partial charge in [-0.1, -0.05) is 6.07 Å². The van der Waals surface area contributed by atoms with E-state index < -0.39 is 29.4 Å². The largest absolute Gasteiger partial charge is 0.433 e. The number of aryl methyl sites for hydroxylation is 1. The number of carbonyl (C=O) groups is 1. The molecule has 11 heteroatoms. The van der Waals surface area contributed by atoms with Crippen LogP contribution in [0.4, 0.5) is 13.2 Å². The molecule has 1 aliphatic heterocycles. The first-order chi connectivity index (χ1) is 13.7. The molecular weight excluding hydrogens is 391 g/mol. The van der Waals surface area contributed by atoms with Gasteiger partial charge in [0.25, 0.3) is 5.91 Å². The van der Waals surface area contributed by atoms with Crippen molar-refractivity contribution in [2.24, 2.45) is 0 Å². The molecule has 4 rings (SSSR count). The molecule has 1 aliphatic rings. The average Bonchev–Trinajstić information content (AvgIpc) is 3.25. The van der Waals surface area contributed by atoms with E-state index in [1.165, 1.54) is 16.8 Å². The van der Waals surface area contributed by atoms with E-state index in [1.54, 1.807) is 12.4 Å². The Morgan fingerprint density at radius 1 is 1.31 bits per heavy atom. The Balaban J connectivity index is 1.69. The zero-order valence-corrected chi connectivity index (χ0v) is 15.1. The molecule has 2 atom stereocenters. The molecule has 29 heavy (non-hydrogen) atoms. The summed E-state index contributed by atoms with van der Waals surface area (Å²) in [5.74, 6) is -0.596. The predicted molar refractivity (Wildman–Crippen MR) is 92.9 cm³/mol. The van der Waals surface area contributed by atoms with Gasteiger partial charge in [-0.3, -0.25) is 9.78 Å². The molecule has 152 valence electrons. The maximum absolute atomic E-state index is 12.9. The highest BCUT2D eigenvalue weighted by atomic mass is 19.4. The number of carbonyl (C=O) groups excluding carboxylic acids is 1. The number of rotatable bonds is 3. The lowest BCUT2D eigenvalue weighted by Crippen LogP contribution is -2.53. The van der Waals surface area contributed by atoms with Crippen molar-refractivity contribution in [3.8, 4) is 0 Å². The summed E-state index contributed by atoms with van der Waals surface area (Å²) >= 11 is 0. The maximum atomic E-state index is 12.9. The lowest BCUT2D eigenvalue weighted by Gasteiger charge is -2.32. The number of aliphatic hydroxyl groups excluding tert-OH is 1. The van der Waals surface area contributed by atoms with Crippen molar-refractivity contribution in [2.45, 2.75) is 24.7 Å². The number of nitrogens with one attached hydrogen (secondary N) is 1. The minimum absolute atomic E-state index is 0.0898. The first-order valence-corrected chi connectivity index (χ1v) is 8.63. The fourth-order valence-corrected chi connectivity index (χ4v) is 3.26. The van der Waals surface area contributed by atoms with E-state index in [0.717, 1.165) is 17.8 Å². The van der Waals surface area contributed by atoms with Crippen molar-refractivity contribution < 1.29 is 27.8 Å². The second kappa shape index (κ2) is 6.78. The fourth-order valence-electron chi connectivity index (χ4n) is 3.26. The molecular formula is C18H16F3N5O3. The number of hydrogen-bond donors (Lipinski definition) is 2. The summed E-state index contributed by atoms with van der Waals surface area (Å²) < 4.78 is 45.2. The summed E-state index contributed by atoms with van der Waals surface area (Å²) in [4.78, 5) is 20.6. The van der Waals surface area contributed by atoms with E-state index in [9.17, 15) is 23.1 Å². The van der Waals surface area contributed by atoms with Crippen molar-refractivity contribution in [1.29, 1.82) is 0 Å². The van der Waals surface area contributed by atoms with E-state index in [1.807, 2.05) is 6.92 Å². The van der Waals surface area contributed by atoms with Crippen LogP contribution in [0.5, 0.6) is 0 Å². The summed E-state index contributed by atoms with van der Waals surface area (Å²) in [7, 11) is 0. The third kappa shape index (κ3) is 3.32. The number of ether oxygens (including phenoxy) is 1. The van der Waals surface area contributed by atoms with Crippen molar-refractivity contribution >= 4 is 11.6 Å². The quantitative estimate of drug-likeness (QED) is 0.682. The smallest absolute Gasteiger partial charge is 0.388 e. The van der Waals surface area contributed by atoms with E-state index >= 15 is 0 Å². The molecule has 3 aromatic heterocycles. The standard InChI is InChI=1S/C18H16F3N5O3/c1-10-4-23-15-12(6-24-26(15)7-10)16(28)25-17(9-29-8-14(17)27)11-2-3-13(22-5-11)18(19,20)21/h2-7,14,27H,8-9H2,1H3,(H,25,28). The SMILES string of the molecule is Cc1cnc2c(C(=O)NC3(c4ccc(C(F)(F)F)nc4)COCC3O)cnn2c1. The molecule has 0 spiro atoms. The number of fused-ring (bicyclic) bond motifs is 1. The van der Waals surface area contributed by atoms with Gasteiger partial charge in [0.15, 0.2) is 5.65 Å². The minimum Gasteiger partial charge on any atom is -0.388 e. The number of amides is 1. The average molecular weight is 407 g/mol. The Morgan fingerprint density at radius 2 is 2.10 bits per heavy atom. The number of alkyl halides is 3. The Labute approximate surface area is 162 Å². The summed E-state index contributed by atoms with van der Waals surface area (Å²) in [6.45, 7) is 1.61. The van der Waals surface area contributed by atoms with Crippen LogP contribution in [0.15, 0.2) is 36.9 Å². The van der Waals surface area contributed by atoms with Gasteiger partial charge in [-0.05, 0) is 18.6 Å². The topological polar surface area (TPSA) is 102 Å². The van der Waals surface area contributed by atoms with Crippen molar-refractivity contribution in [3.05, 3.63) is 59.3 Å². The molecule has 1 fully saturated rings. The van der Waals surface area contributed by atoms with E-state index in [4.69, 9.17) is 4.74 Å². The molecule has 2 unspecified atom stereocenters. The molecule has 0 saturated carbocycles. The van der Waals surface area contributed by atoms with Gasteiger partial charge in [-0.25, -0.2) is 9.50 Å². The summed E-state index contributed by atoms with van der Waals surface area (Å²) in [5.41, 5.74) is -1.01. The molecule has 4 heterocycles. The van der Waals surface area contributed by atoms with Crippen LogP contribution in [0.1, 0.15) is 27.2 Å². The van der Waals surface area contributed by atoms with Gasteiger partial charge in [0, 0.05) is 24.2 Å². The molecule has 0 bridgehead atoms. The molecule has 0 aliphatic carbocycles. The van der Waals surface area contributed by atoms with Crippen molar-refractivity contribution in [3.63, 3.8) is 0 Å². The van der Waals surface area contributed by atoms with Gasteiger partial charge < -0.3 is 15.2 Å². The van der Waals surface area contributed by atoms with Crippen LogP contribution in [0.3, 0.4) is 0 Å². The van der Waals surface area contributed by atoms with Gasteiger partial charge in [-0.2, -0.15) is 18.3 Å². The van der Waals surface area contributed by atoms with Crippen molar-refractivity contribution in [1.82, 2.24) is 24.9 Å². The normalized spacial score (nSPS) is 22.2. The highest BCUT2D eigenvalue weighted by Gasteiger charge is 2.47. The van der Waals surface area contributed by atoms with Gasteiger partial charge in [0.2, 0.25) is 0 Å². The molecule has 1 amide bonds. The molecule has 3 aromatic rings. The zero-order chi connectivity index (χ0) is 20.8. The van der Waals surface area contributed by atoms with Gasteiger partial charge in [-0.15, -0.1) is 0 Å². The second-order valence-corrected chi connectivity index (χ2v) is 6.84. The number of halogens is 3. The zero-order valence-electron chi connectivity index (χ0n) is 15.1. The summed E-state index contributed by atoms with van der Waals surface area (Å²) in [6.07, 6.45) is -0.182. The van der Waals surface area contributed by atoms with E-state index in [0.29, 0.717) is 5.65 Å². The van der Waals surface area contributed by atoms with Crippen LogP contribution in [0.25, 0.3) is 5.65 Å². The maximum Gasteiger partial charge on any atom is 0.433 e. The van der Waals surface area contributed by atoms with Crippen LogP contribution in [-0.4, -0.2) is 49.9 Å². The molecule has 0 aromatic carbocycles. The number of hydrogen-bond acceptors (Lipinski definition) is 6. The monoisotopic (exact) mass is 407 g/mol. The Hall–Kier alpha value is -3.05. The lowest BCUT2D eigenvalue weighted by atomic mass is 9.87. The predicted octanol–water partition coefficient (Wildman–Crippen LogP) is 1.47. The first kappa shape index (κ1) is 19.3. The van der Waals surface area contributed by atoms with Crippen LogP contribution in [-0.2, 0) is 16.5 Å². The Bertz CT molecular complexity index is 1070. The number of nitrogens with zero attached hydrogens (tertiary/aromatic N) is 4. The van der Waals surface area contributed by atoms with Crippen LogP contribution < -0.4 is 5.32 Å². The molecule has 1 saturated heterocycles. The number of aromatic nitrogens is 4. The fraction of sp³-hybridized carbons (Fsp3) is 0.333. The summed E-state index contributed by atoms with van der Waals surface area (Å²) in [5, 5.41) is 17.3. The second-order valence-electron chi connectivity index (χ2n) is 6.84. The Kier molecular flexibility index (Phi) is 4.50.